The highest BCUT2D eigenvalue weighted by Crippen LogP contribution is 2.10. The Balaban J connectivity index is 2.53. The summed E-state index contributed by atoms with van der Waals surface area (Å²) in [5, 5.41) is 0. The first-order valence-corrected chi connectivity index (χ1v) is 7.24. The number of hydrogen-bond donors (Lipinski definition) is 0. The Kier molecular flexibility index (Phi) is 3.40. The van der Waals surface area contributed by atoms with Crippen LogP contribution in [0.25, 0.3) is 16.9 Å². The van der Waals surface area contributed by atoms with Gasteiger partial charge in [0.2, 0.25) is 5.78 Å². The summed E-state index contributed by atoms with van der Waals surface area (Å²) >= 11 is 5.68. The van der Waals surface area contributed by atoms with Gasteiger partial charge in [0, 0.05) is 38.8 Å². The largest absolute Gasteiger partial charge is 0.332 e. The van der Waals surface area contributed by atoms with Crippen LogP contribution >= 0.6 is 11.6 Å². The van der Waals surface area contributed by atoms with Gasteiger partial charge in [-0.05, 0) is 6.42 Å². The fourth-order valence-corrected chi connectivity index (χ4v) is 2.61. The number of nitrogens with zero attached hydrogens (tertiary/aromatic N) is 5. The summed E-state index contributed by atoms with van der Waals surface area (Å²) in [6, 6.07) is 1.37. The van der Waals surface area contributed by atoms with Crippen molar-refractivity contribution in [2.24, 2.45) is 14.1 Å². The van der Waals surface area contributed by atoms with E-state index >= 15 is 0 Å². The minimum Gasteiger partial charge on any atom is -0.279 e. The van der Waals surface area contributed by atoms with E-state index in [9.17, 15) is 14.4 Å². The highest BCUT2D eigenvalue weighted by atomic mass is 35.5. The van der Waals surface area contributed by atoms with Gasteiger partial charge in [0.25, 0.3) is 11.1 Å². The van der Waals surface area contributed by atoms with E-state index in [4.69, 9.17) is 11.6 Å². The maximum absolute atomic E-state index is 12.4. The molecule has 3 aromatic heterocycles. The van der Waals surface area contributed by atoms with Crippen LogP contribution in [0.5, 0.6) is 0 Å². The molecule has 0 saturated heterocycles. The summed E-state index contributed by atoms with van der Waals surface area (Å²) in [4.78, 5) is 40.7. The molecule has 3 rings (SSSR count). The first kappa shape index (κ1) is 14.6. The molecule has 0 aliphatic rings. The van der Waals surface area contributed by atoms with Crippen molar-refractivity contribution in [3.05, 3.63) is 43.5 Å². The summed E-state index contributed by atoms with van der Waals surface area (Å²) in [7, 11) is 2.95. The quantitative estimate of drug-likeness (QED) is 0.618. The third-order valence-corrected chi connectivity index (χ3v) is 3.93. The Morgan fingerprint density at radius 3 is 2.59 bits per heavy atom. The predicted molar refractivity (Wildman–Crippen MR) is 82.8 cm³/mol. The minimum atomic E-state index is -0.462. The van der Waals surface area contributed by atoms with Gasteiger partial charge in [-0.3, -0.25) is 27.7 Å². The smallest absolute Gasteiger partial charge is 0.279 e. The van der Waals surface area contributed by atoms with E-state index in [2.05, 4.69) is 4.98 Å². The molecular weight excluding hydrogens is 310 g/mol. The molecule has 3 heterocycles. The highest BCUT2D eigenvalue weighted by Gasteiger charge is 2.17. The van der Waals surface area contributed by atoms with Gasteiger partial charge in [0.15, 0.2) is 11.2 Å². The maximum atomic E-state index is 12.4. The van der Waals surface area contributed by atoms with Crippen molar-refractivity contribution >= 4 is 28.5 Å². The molecule has 0 unspecified atom stereocenters. The van der Waals surface area contributed by atoms with Crippen LogP contribution in [0, 0.1) is 0 Å². The zero-order valence-electron chi connectivity index (χ0n) is 12.1. The first-order chi connectivity index (χ1) is 10.5. The molecule has 0 amide bonds. The maximum Gasteiger partial charge on any atom is 0.332 e. The third-order valence-electron chi connectivity index (χ3n) is 3.66. The van der Waals surface area contributed by atoms with Gasteiger partial charge in [0.05, 0.1) is 0 Å². The number of hydrogen-bond acceptors (Lipinski definition) is 4. The van der Waals surface area contributed by atoms with E-state index in [1.807, 2.05) is 0 Å². The van der Waals surface area contributed by atoms with Crippen LogP contribution in [0.3, 0.4) is 0 Å². The van der Waals surface area contributed by atoms with Crippen molar-refractivity contribution in [1.82, 2.24) is 23.1 Å². The number of aryl methyl sites for hydroxylation is 2. The molecule has 0 bridgehead atoms. The molecule has 22 heavy (non-hydrogen) atoms. The summed E-state index contributed by atoms with van der Waals surface area (Å²) < 4.78 is 5.30. The molecule has 3 aromatic rings. The summed E-state index contributed by atoms with van der Waals surface area (Å²) in [6.45, 7) is 0.393. The number of halogens is 1. The number of fused-ring (bicyclic) bond motifs is 3. The van der Waals surface area contributed by atoms with Crippen molar-refractivity contribution in [3.8, 4) is 0 Å². The van der Waals surface area contributed by atoms with Crippen molar-refractivity contribution in [3.63, 3.8) is 0 Å². The van der Waals surface area contributed by atoms with E-state index in [1.54, 1.807) is 0 Å². The minimum absolute atomic E-state index is 0.227. The van der Waals surface area contributed by atoms with Crippen molar-refractivity contribution < 1.29 is 0 Å². The third kappa shape index (κ3) is 1.91. The van der Waals surface area contributed by atoms with Gasteiger partial charge in [-0.25, -0.2) is 4.79 Å². The van der Waals surface area contributed by atoms with Crippen LogP contribution in [-0.2, 0) is 20.6 Å². The molecule has 0 aromatic carbocycles. The zero-order chi connectivity index (χ0) is 16.0. The average molecular weight is 324 g/mol. The Labute approximate surface area is 128 Å². The zero-order valence-corrected chi connectivity index (χ0v) is 12.9. The van der Waals surface area contributed by atoms with Gasteiger partial charge >= 0.3 is 5.69 Å². The molecule has 0 saturated carbocycles. The topological polar surface area (TPSA) is 83.3 Å². The SMILES string of the molecule is Cn1c(=O)c2c(nc3n(CCCCl)c(=O)ccn23)n(C)c1=O. The van der Waals surface area contributed by atoms with Crippen LogP contribution in [0.4, 0.5) is 0 Å². The van der Waals surface area contributed by atoms with Crippen molar-refractivity contribution in [2.75, 3.05) is 5.88 Å². The van der Waals surface area contributed by atoms with E-state index in [1.165, 1.54) is 39.9 Å². The fraction of sp³-hybridized carbons (Fsp3) is 0.385. The molecule has 0 fully saturated rings. The van der Waals surface area contributed by atoms with Gasteiger partial charge in [-0.15, -0.1) is 11.6 Å². The van der Waals surface area contributed by atoms with Crippen molar-refractivity contribution in [2.45, 2.75) is 13.0 Å². The lowest BCUT2D eigenvalue weighted by Crippen LogP contribution is -2.37. The molecule has 0 aliphatic heterocycles. The number of imidazole rings is 1. The lowest BCUT2D eigenvalue weighted by atomic mass is 10.4. The van der Waals surface area contributed by atoms with Gasteiger partial charge in [-0.1, -0.05) is 0 Å². The second kappa shape index (κ2) is 5.13. The Hall–Kier alpha value is -2.35. The molecule has 0 radical (unpaired) electrons. The van der Waals surface area contributed by atoms with Crippen LogP contribution in [0.2, 0.25) is 0 Å². The first-order valence-electron chi connectivity index (χ1n) is 6.71. The summed E-state index contributed by atoms with van der Waals surface area (Å²) in [5.41, 5.74) is -0.629. The van der Waals surface area contributed by atoms with E-state index < -0.39 is 11.2 Å². The lowest BCUT2D eigenvalue weighted by molar-refractivity contribution is 0.661. The Morgan fingerprint density at radius 1 is 1.18 bits per heavy atom. The van der Waals surface area contributed by atoms with Crippen LogP contribution < -0.4 is 16.8 Å². The fourth-order valence-electron chi connectivity index (χ4n) is 2.49. The summed E-state index contributed by atoms with van der Waals surface area (Å²) in [6.07, 6.45) is 2.09. The van der Waals surface area contributed by atoms with Crippen LogP contribution in [0.15, 0.2) is 26.6 Å². The molecule has 9 heteroatoms. The van der Waals surface area contributed by atoms with Crippen LogP contribution in [0.1, 0.15) is 6.42 Å². The monoisotopic (exact) mass is 323 g/mol. The van der Waals surface area contributed by atoms with Gasteiger partial charge in [-0.2, -0.15) is 4.98 Å². The summed E-state index contributed by atoms with van der Waals surface area (Å²) in [5.74, 6) is 0.736. The molecule has 8 nitrogen and oxygen atoms in total. The predicted octanol–water partition coefficient (Wildman–Crippen LogP) is -0.325. The molecule has 0 N–H and O–H groups in total. The average Bonchev–Trinajstić information content (AvgIpc) is 2.89. The van der Waals surface area contributed by atoms with E-state index in [0.29, 0.717) is 24.6 Å². The molecular formula is C13H14ClN5O3. The second-order valence-corrected chi connectivity index (χ2v) is 5.39. The lowest BCUT2D eigenvalue weighted by Gasteiger charge is -2.05. The number of alkyl halides is 1. The molecule has 0 aliphatic carbocycles. The second-order valence-electron chi connectivity index (χ2n) is 5.01. The Bertz CT molecular complexity index is 1060. The number of rotatable bonds is 3. The van der Waals surface area contributed by atoms with Gasteiger partial charge in [0.1, 0.15) is 0 Å². The van der Waals surface area contributed by atoms with E-state index in [0.717, 1.165) is 4.57 Å². The van der Waals surface area contributed by atoms with E-state index in [-0.39, 0.29) is 16.7 Å². The van der Waals surface area contributed by atoms with Crippen molar-refractivity contribution in [1.29, 1.82) is 0 Å². The normalized spacial score (nSPS) is 11.6. The van der Waals surface area contributed by atoms with Gasteiger partial charge < -0.3 is 0 Å². The molecule has 116 valence electrons. The molecule has 0 atom stereocenters. The highest BCUT2D eigenvalue weighted by molar-refractivity contribution is 6.17. The van der Waals surface area contributed by atoms with Crippen LogP contribution in [-0.4, -0.2) is 29.0 Å². The molecule has 0 spiro atoms. The Morgan fingerprint density at radius 2 is 1.91 bits per heavy atom. The standard InChI is InChI=1S/C13H14ClN5O3/c1-16-10-9(11(21)17(2)13(16)22)19-7-4-8(20)18(6-3-5-14)12(19)15-10/h4,7H,3,5-6H2,1-2H3. The number of aromatic nitrogens is 5.